The highest BCUT2D eigenvalue weighted by molar-refractivity contribution is 7.07. The Morgan fingerprint density at radius 2 is 2.41 bits per heavy atom. The molecule has 0 fully saturated rings. The van der Waals surface area contributed by atoms with E-state index < -0.39 is 5.97 Å². The molecule has 0 aliphatic carbocycles. The van der Waals surface area contributed by atoms with Crippen LogP contribution in [0, 0.1) is 0 Å². The first-order valence-corrected chi connectivity index (χ1v) is 5.63. The normalized spacial score (nSPS) is 10.1. The molecule has 3 N–H and O–H groups in total. The Hall–Kier alpha value is -2.15. The lowest BCUT2D eigenvalue weighted by Crippen LogP contribution is -2.09. The van der Waals surface area contributed by atoms with Crippen molar-refractivity contribution >= 4 is 23.0 Å². The van der Waals surface area contributed by atoms with Crippen molar-refractivity contribution in [3.63, 3.8) is 0 Å². The maximum Gasteiger partial charge on any atom is 0.356 e. The van der Waals surface area contributed by atoms with Gasteiger partial charge in [0.1, 0.15) is 0 Å². The molecule has 0 radical (unpaired) electrons. The summed E-state index contributed by atoms with van der Waals surface area (Å²) in [6.07, 6.45) is 1.42. The Kier molecular flexibility index (Phi) is 3.20. The molecular formula is C10H9N3O3S. The molecule has 2 rings (SSSR count). The van der Waals surface area contributed by atoms with Gasteiger partial charge in [-0.3, -0.25) is 4.79 Å². The molecule has 0 atom stereocenters. The topological polar surface area (TPSA) is 95.1 Å². The first-order chi connectivity index (χ1) is 8.16. The van der Waals surface area contributed by atoms with Gasteiger partial charge in [-0.15, -0.1) is 0 Å². The number of thiazole rings is 1. The van der Waals surface area contributed by atoms with E-state index in [-0.39, 0.29) is 10.6 Å². The highest BCUT2D eigenvalue weighted by Gasteiger charge is 2.10. The minimum absolute atomic E-state index is 0.0370. The predicted molar refractivity (Wildman–Crippen MR) is 63.5 cm³/mol. The van der Waals surface area contributed by atoms with Crippen molar-refractivity contribution in [2.24, 2.45) is 0 Å². The molecule has 7 heteroatoms. The van der Waals surface area contributed by atoms with Crippen LogP contribution in [0.15, 0.2) is 28.5 Å². The number of carboxylic acid groups (broad SMARTS) is 1. The van der Waals surface area contributed by atoms with Crippen LogP contribution >= 0.6 is 11.3 Å². The number of pyridine rings is 1. The molecule has 0 aromatic carbocycles. The van der Waals surface area contributed by atoms with Gasteiger partial charge < -0.3 is 15.4 Å². The van der Waals surface area contributed by atoms with Gasteiger partial charge in [0.2, 0.25) is 0 Å². The summed E-state index contributed by atoms with van der Waals surface area (Å²) < 4.78 is 0. The Morgan fingerprint density at radius 3 is 3.06 bits per heavy atom. The highest BCUT2D eigenvalue weighted by atomic mass is 32.1. The van der Waals surface area contributed by atoms with Crippen LogP contribution in [0.25, 0.3) is 0 Å². The molecule has 0 amide bonds. The number of anilines is 1. The quantitative estimate of drug-likeness (QED) is 0.757. The van der Waals surface area contributed by atoms with Crippen molar-refractivity contribution in [3.8, 4) is 0 Å². The van der Waals surface area contributed by atoms with Gasteiger partial charge in [-0.2, -0.15) is 0 Å². The number of nitrogens with zero attached hydrogens (tertiary/aromatic N) is 1. The third kappa shape index (κ3) is 2.70. The number of carboxylic acids is 1. The summed E-state index contributed by atoms with van der Waals surface area (Å²) >= 11 is 1.07. The molecule has 0 saturated carbocycles. The summed E-state index contributed by atoms with van der Waals surface area (Å²) in [5, 5.41) is 13.5. The molecule has 17 heavy (non-hydrogen) atoms. The monoisotopic (exact) mass is 251 g/mol. The number of aromatic amines is 1. The van der Waals surface area contributed by atoms with Gasteiger partial charge in [-0.1, -0.05) is 11.3 Å². The van der Waals surface area contributed by atoms with Crippen LogP contribution in [-0.2, 0) is 6.54 Å². The molecule has 0 unspecified atom stereocenters. The fraction of sp³-hybridized carbons (Fsp3) is 0.100. The Labute approximate surface area is 100.0 Å². The average molecular weight is 251 g/mol. The zero-order chi connectivity index (χ0) is 12.3. The van der Waals surface area contributed by atoms with E-state index in [9.17, 15) is 9.59 Å². The van der Waals surface area contributed by atoms with Crippen molar-refractivity contribution in [2.45, 2.75) is 6.54 Å². The van der Waals surface area contributed by atoms with Crippen molar-refractivity contribution in [1.82, 2.24) is 9.97 Å². The first-order valence-electron chi connectivity index (χ1n) is 4.75. The second-order valence-electron chi connectivity index (χ2n) is 3.23. The number of H-pyrrole nitrogens is 1. The lowest BCUT2D eigenvalue weighted by atomic mass is 10.3. The molecule has 6 nitrogen and oxygen atoms in total. The van der Waals surface area contributed by atoms with Crippen molar-refractivity contribution in [1.29, 1.82) is 0 Å². The van der Waals surface area contributed by atoms with Crippen LogP contribution in [0.1, 0.15) is 16.2 Å². The number of hydrogen-bond donors (Lipinski definition) is 3. The minimum Gasteiger partial charge on any atom is -0.476 e. The summed E-state index contributed by atoms with van der Waals surface area (Å²) in [5.74, 6) is -1.09. The molecule has 88 valence electrons. The molecule has 2 aromatic rings. The van der Waals surface area contributed by atoms with Crippen LogP contribution in [0.2, 0.25) is 0 Å². The van der Waals surface area contributed by atoms with E-state index in [0.29, 0.717) is 17.9 Å². The van der Waals surface area contributed by atoms with E-state index in [1.807, 2.05) is 0 Å². The Balaban J connectivity index is 2.14. The lowest BCUT2D eigenvalue weighted by Gasteiger charge is -2.06. The van der Waals surface area contributed by atoms with Crippen LogP contribution in [0.4, 0.5) is 5.69 Å². The molecule has 0 saturated heterocycles. The molecule has 2 aromatic heterocycles. The van der Waals surface area contributed by atoms with Gasteiger partial charge in [0.25, 0.3) is 0 Å². The second-order valence-corrected chi connectivity index (χ2v) is 4.07. The van der Waals surface area contributed by atoms with Crippen LogP contribution in [0.3, 0.4) is 0 Å². The minimum atomic E-state index is -1.09. The second kappa shape index (κ2) is 4.79. The number of carbonyl (C=O) groups is 1. The predicted octanol–water partition coefficient (Wildman–Crippen LogP) is 1.14. The fourth-order valence-electron chi connectivity index (χ4n) is 1.31. The fourth-order valence-corrected chi connectivity index (χ4v) is 1.89. The molecular weight excluding hydrogens is 242 g/mol. The standard InChI is InChI=1S/C10H9N3O3S/c14-9(15)8-7(2-1-3-11-8)12-4-6-5-17-10(16)13-6/h1-3,5,12H,4H2,(H,13,16)(H,14,15). The maximum absolute atomic E-state index is 10.9. The van der Waals surface area contributed by atoms with E-state index in [2.05, 4.69) is 15.3 Å². The number of hydrogen-bond acceptors (Lipinski definition) is 5. The summed E-state index contributed by atoms with van der Waals surface area (Å²) in [5.41, 5.74) is 1.09. The van der Waals surface area contributed by atoms with Crippen LogP contribution < -0.4 is 10.2 Å². The third-order valence-corrected chi connectivity index (χ3v) is 2.77. The largest absolute Gasteiger partial charge is 0.476 e. The number of aromatic carboxylic acids is 1. The van der Waals surface area contributed by atoms with Crippen molar-refractivity contribution < 1.29 is 9.90 Å². The summed E-state index contributed by atoms with van der Waals surface area (Å²) in [4.78, 5) is 28.0. The van der Waals surface area contributed by atoms with Gasteiger partial charge in [-0.05, 0) is 12.1 Å². The van der Waals surface area contributed by atoms with Crippen LogP contribution in [-0.4, -0.2) is 21.0 Å². The Bertz CT molecular complexity index is 590. The third-order valence-electron chi connectivity index (χ3n) is 2.05. The Morgan fingerprint density at radius 1 is 1.59 bits per heavy atom. The first kappa shape index (κ1) is 11.3. The smallest absolute Gasteiger partial charge is 0.356 e. The zero-order valence-electron chi connectivity index (χ0n) is 8.64. The van der Waals surface area contributed by atoms with Crippen molar-refractivity contribution in [3.05, 3.63) is 44.8 Å². The molecule has 0 spiro atoms. The van der Waals surface area contributed by atoms with Crippen LogP contribution in [0.5, 0.6) is 0 Å². The molecule has 0 bridgehead atoms. The van der Waals surface area contributed by atoms with E-state index in [1.165, 1.54) is 6.20 Å². The van der Waals surface area contributed by atoms with Gasteiger partial charge in [-0.25, -0.2) is 9.78 Å². The van der Waals surface area contributed by atoms with Gasteiger partial charge in [0.05, 0.1) is 12.2 Å². The summed E-state index contributed by atoms with van der Waals surface area (Å²) in [6, 6.07) is 3.27. The lowest BCUT2D eigenvalue weighted by molar-refractivity contribution is 0.0691. The van der Waals surface area contributed by atoms with Gasteiger partial charge >= 0.3 is 10.8 Å². The maximum atomic E-state index is 10.9. The van der Waals surface area contributed by atoms with E-state index >= 15 is 0 Å². The number of nitrogens with one attached hydrogen (secondary N) is 2. The number of aromatic nitrogens is 2. The van der Waals surface area contributed by atoms with E-state index in [4.69, 9.17) is 5.11 Å². The SMILES string of the molecule is O=C(O)c1ncccc1NCc1csc(=O)[nH]1. The van der Waals surface area contributed by atoms with E-state index in [1.54, 1.807) is 17.5 Å². The molecule has 0 aliphatic heterocycles. The molecule has 0 aliphatic rings. The average Bonchev–Trinajstić information content (AvgIpc) is 2.73. The summed E-state index contributed by atoms with van der Waals surface area (Å²) in [7, 11) is 0. The summed E-state index contributed by atoms with van der Waals surface area (Å²) in [6.45, 7) is 0.352. The highest BCUT2D eigenvalue weighted by Crippen LogP contribution is 2.13. The van der Waals surface area contributed by atoms with Gasteiger partial charge in [0, 0.05) is 17.3 Å². The van der Waals surface area contributed by atoms with E-state index in [0.717, 1.165) is 11.3 Å². The zero-order valence-corrected chi connectivity index (χ0v) is 9.45. The van der Waals surface area contributed by atoms with Crippen molar-refractivity contribution in [2.75, 3.05) is 5.32 Å². The number of rotatable bonds is 4. The molecule has 2 heterocycles. The van der Waals surface area contributed by atoms with Gasteiger partial charge in [0.15, 0.2) is 5.69 Å².